The molecule has 1 atom stereocenters. The molecule has 110 valence electrons. The van der Waals surface area contributed by atoms with Gasteiger partial charge in [-0.2, -0.15) is 0 Å². The highest BCUT2D eigenvalue weighted by atomic mass is 16.5. The highest BCUT2D eigenvalue weighted by Crippen LogP contribution is 2.15. The Bertz CT molecular complexity index is 476. The molecular weight excluding hydrogens is 262 g/mol. The zero-order valence-electron chi connectivity index (χ0n) is 11.4. The molecule has 1 aromatic rings. The van der Waals surface area contributed by atoms with Crippen LogP contribution in [0.3, 0.4) is 0 Å². The van der Waals surface area contributed by atoms with Crippen molar-refractivity contribution in [1.82, 2.24) is 10.8 Å². The van der Waals surface area contributed by atoms with Crippen molar-refractivity contribution in [3.05, 3.63) is 24.3 Å². The van der Waals surface area contributed by atoms with E-state index in [0.29, 0.717) is 12.1 Å². The van der Waals surface area contributed by atoms with Gasteiger partial charge in [-0.15, -0.1) is 0 Å². The predicted octanol–water partition coefficient (Wildman–Crippen LogP) is 1.43. The van der Waals surface area contributed by atoms with E-state index in [-0.39, 0.29) is 11.7 Å². The summed E-state index contributed by atoms with van der Waals surface area (Å²) in [4.78, 5) is 23.2. The number of aromatic hydroxyl groups is 1. The molecule has 3 amide bonds. The highest BCUT2D eigenvalue weighted by molar-refractivity contribution is 5.93. The number of phenols is 1. The van der Waals surface area contributed by atoms with E-state index < -0.39 is 18.0 Å². The third-order valence-corrected chi connectivity index (χ3v) is 2.54. The normalized spacial score (nSPS) is 11.8. The van der Waals surface area contributed by atoms with Crippen LogP contribution in [0.15, 0.2) is 24.3 Å². The molecule has 0 aliphatic carbocycles. The minimum Gasteiger partial charge on any atom is -0.508 e. The van der Waals surface area contributed by atoms with Crippen LogP contribution < -0.4 is 16.1 Å². The van der Waals surface area contributed by atoms with Gasteiger partial charge in [0.05, 0.1) is 0 Å². The Morgan fingerprint density at radius 1 is 1.30 bits per heavy atom. The second-order valence-electron chi connectivity index (χ2n) is 4.81. The van der Waals surface area contributed by atoms with Crippen LogP contribution in [0, 0.1) is 5.92 Å². The highest BCUT2D eigenvalue weighted by Gasteiger charge is 2.21. The summed E-state index contributed by atoms with van der Waals surface area (Å²) in [5, 5.41) is 22.9. The van der Waals surface area contributed by atoms with E-state index in [0.717, 1.165) is 0 Å². The van der Waals surface area contributed by atoms with Crippen LogP contribution in [0.25, 0.3) is 0 Å². The Labute approximate surface area is 117 Å². The molecular formula is C13H19N3O4. The third-order valence-electron chi connectivity index (χ3n) is 2.54. The van der Waals surface area contributed by atoms with E-state index in [1.165, 1.54) is 17.6 Å². The van der Waals surface area contributed by atoms with Gasteiger partial charge >= 0.3 is 6.03 Å². The van der Waals surface area contributed by atoms with Gasteiger partial charge in [0.25, 0.3) is 5.91 Å². The van der Waals surface area contributed by atoms with E-state index in [9.17, 15) is 14.7 Å². The van der Waals surface area contributed by atoms with Crippen LogP contribution in [0.1, 0.15) is 20.3 Å². The summed E-state index contributed by atoms with van der Waals surface area (Å²) in [5.74, 6) is -0.488. The van der Waals surface area contributed by atoms with E-state index in [2.05, 4.69) is 10.6 Å². The lowest BCUT2D eigenvalue weighted by molar-refractivity contribution is -0.131. The number of hydrogen-bond acceptors (Lipinski definition) is 4. The first-order chi connectivity index (χ1) is 9.42. The smallest absolute Gasteiger partial charge is 0.319 e. The van der Waals surface area contributed by atoms with Crippen LogP contribution in [0.2, 0.25) is 0 Å². The van der Waals surface area contributed by atoms with Gasteiger partial charge in [-0.25, -0.2) is 10.3 Å². The van der Waals surface area contributed by atoms with Gasteiger partial charge in [0, 0.05) is 11.8 Å². The van der Waals surface area contributed by atoms with E-state index >= 15 is 0 Å². The predicted molar refractivity (Wildman–Crippen MR) is 73.4 cm³/mol. The maximum atomic E-state index is 11.8. The summed E-state index contributed by atoms with van der Waals surface area (Å²) in [6.45, 7) is 3.79. The van der Waals surface area contributed by atoms with Gasteiger partial charge in [-0.05, 0) is 24.5 Å². The molecule has 0 spiro atoms. The Balaban J connectivity index is 2.64. The molecule has 5 N–H and O–H groups in total. The average molecular weight is 281 g/mol. The summed E-state index contributed by atoms with van der Waals surface area (Å²) in [5.41, 5.74) is 1.93. The molecule has 0 aromatic heterocycles. The zero-order valence-corrected chi connectivity index (χ0v) is 11.4. The van der Waals surface area contributed by atoms with Crippen molar-refractivity contribution in [3.8, 4) is 5.75 Å². The Hall–Kier alpha value is -2.28. The van der Waals surface area contributed by atoms with Crippen molar-refractivity contribution in [1.29, 1.82) is 0 Å². The second-order valence-corrected chi connectivity index (χ2v) is 4.81. The van der Waals surface area contributed by atoms with Gasteiger partial charge in [0.15, 0.2) is 0 Å². The molecule has 0 saturated heterocycles. The molecule has 0 aliphatic rings. The van der Waals surface area contributed by atoms with Crippen LogP contribution in [0.4, 0.5) is 10.5 Å². The average Bonchev–Trinajstić information content (AvgIpc) is 2.36. The maximum Gasteiger partial charge on any atom is 0.319 e. The van der Waals surface area contributed by atoms with Crippen molar-refractivity contribution in [2.45, 2.75) is 26.3 Å². The number of rotatable bonds is 5. The number of carbonyl (C=O) groups is 2. The van der Waals surface area contributed by atoms with Gasteiger partial charge in [0.2, 0.25) is 0 Å². The lowest BCUT2D eigenvalue weighted by Crippen LogP contribution is -2.48. The number of hydroxylamine groups is 1. The van der Waals surface area contributed by atoms with E-state index in [1.807, 2.05) is 13.8 Å². The molecule has 0 bridgehead atoms. The molecule has 7 heteroatoms. The minimum absolute atomic E-state index is 0.0228. The number of carbonyl (C=O) groups excluding carboxylic acids is 2. The van der Waals surface area contributed by atoms with Crippen LogP contribution in [0.5, 0.6) is 5.75 Å². The quantitative estimate of drug-likeness (QED) is 0.415. The molecule has 0 heterocycles. The fourth-order valence-electron chi connectivity index (χ4n) is 1.69. The largest absolute Gasteiger partial charge is 0.508 e. The van der Waals surface area contributed by atoms with Gasteiger partial charge in [-0.3, -0.25) is 10.0 Å². The molecule has 7 nitrogen and oxygen atoms in total. The van der Waals surface area contributed by atoms with Gasteiger partial charge < -0.3 is 15.7 Å². The first kappa shape index (κ1) is 15.8. The summed E-state index contributed by atoms with van der Waals surface area (Å²) in [7, 11) is 0. The Kier molecular flexibility index (Phi) is 5.79. The molecule has 0 aliphatic heterocycles. The fourth-order valence-corrected chi connectivity index (χ4v) is 1.69. The molecule has 0 unspecified atom stereocenters. The Morgan fingerprint density at radius 3 is 2.55 bits per heavy atom. The first-order valence-corrected chi connectivity index (χ1v) is 6.23. The monoisotopic (exact) mass is 281 g/mol. The standard InChI is InChI=1S/C13H19N3O4/c1-8(2)6-11(12(18)16-20)15-13(19)14-9-4-3-5-10(17)7-9/h3-5,7-8,11,17,20H,6H2,1-2H3,(H,16,18)(H2,14,15,19)/t11-/m0/s1. The summed E-state index contributed by atoms with van der Waals surface area (Å²) in [6.07, 6.45) is 0.389. The topological polar surface area (TPSA) is 111 Å². The fraction of sp³-hybridized carbons (Fsp3) is 0.385. The lowest BCUT2D eigenvalue weighted by Gasteiger charge is -2.18. The van der Waals surface area contributed by atoms with Crippen molar-refractivity contribution < 1.29 is 19.9 Å². The summed E-state index contributed by atoms with van der Waals surface area (Å²) < 4.78 is 0. The van der Waals surface area contributed by atoms with Crippen LogP contribution in [-0.2, 0) is 4.79 Å². The summed E-state index contributed by atoms with van der Waals surface area (Å²) >= 11 is 0. The number of anilines is 1. The van der Waals surface area contributed by atoms with Crippen LogP contribution >= 0.6 is 0 Å². The number of urea groups is 1. The van der Waals surface area contributed by atoms with Gasteiger partial charge in [-0.1, -0.05) is 19.9 Å². The van der Waals surface area contributed by atoms with Crippen molar-refractivity contribution in [2.75, 3.05) is 5.32 Å². The number of nitrogens with one attached hydrogen (secondary N) is 3. The van der Waals surface area contributed by atoms with Crippen molar-refractivity contribution in [3.63, 3.8) is 0 Å². The second kappa shape index (κ2) is 7.34. The number of amides is 3. The molecule has 1 rings (SSSR count). The zero-order chi connectivity index (χ0) is 15.1. The molecule has 0 radical (unpaired) electrons. The van der Waals surface area contributed by atoms with Crippen molar-refractivity contribution in [2.24, 2.45) is 5.92 Å². The van der Waals surface area contributed by atoms with Crippen LogP contribution in [-0.4, -0.2) is 28.3 Å². The SMILES string of the molecule is CC(C)C[C@H](NC(=O)Nc1cccc(O)c1)C(=O)NO. The summed E-state index contributed by atoms with van der Waals surface area (Å²) in [6, 6.07) is 4.61. The minimum atomic E-state index is -0.836. The van der Waals surface area contributed by atoms with Crippen molar-refractivity contribution >= 4 is 17.6 Å². The Morgan fingerprint density at radius 2 is 2.00 bits per heavy atom. The molecule has 0 fully saturated rings. The lowest BCUT2D eigenvalue weighted by atomic mass is 10.0. The molecule has 0 saturated carbocycles. The maximum absolute atomic E-state index is 11.8. The molecule has 20 heavy (non-hydrogen) atoms. The number of phenolic OH excluding ortho intramolecular Hbond substituents is 1. The van der Waals surface area contributed by atoms with E-state index in [1.54, 1.807) is 12.1 Å². The number of hydrogen-bond donors (Lipinski definition) is 5. The first-order valence-electron chi connectivity index (χ1n) is 6.23. The number of benzene rings is 1. The van der Waals surface area contributed by atoms with E-state index in [4.69, 9.17) is 5.21 Å². The van der Waals surface area contributed by atoms with Gasteiger partial charge in [0.1, 0.15) is 11.8 Å². The molecule has 1 aromatic carbocycles. The third kappa shape index (κ3) is 5.15.